The Morgan fingerprint density at radius 2 is 1.64 bits per heavy atom. The first kappa shape index (κ1) is 24.4. The van der Waals surface area contributed by atoms with Gasteiger partial charge in [-0.05, 0) is 63.7 Å². The molecule has 1 fully saturated rings. The highest BCUT2D eigenvalue weighted by molar-refractivity contribution is 4.83. The first-order valence-corrected chi connectivity index (χ1v) is 10.5. The molecule has 1 aliphatic rings. The van der Waals surface area contributed by atoms with Crippen LogP contribution in [-0.2, 0) is 9.47 Å². The van der Waals surface area contributed by atoms with Crippen LogP contribution in [0.3, 0.4) is 0 Å². The summed E-state index contributed by atoms with van der Waals surface area (Å²) in [5, 5.41) is 0. The summed E-state index contributed by atoms with van der Waals surface area (Å²) in [7, 11) is 0. The van der Waals surface area contributed by atoms with E-state index in [1.54, 1.807) is 0 Å². The minimum atomic E-state index is 0.539. The van der Waals surface area contributed by atoms with E-state index in [0.717, 1.165) is 38.6 Å². The van der Waals surface area contributed by atoms with Crippen LogP contribution in [0.4, 0.5) is 0 Å². The second kappa shape index (κ2) is 15.6. The average Bonchev–Trinajstić information content (AvgIpc) is 2.62. The molecule has 0 aromatic carbocycles. The molecule has 0 aromatic rings. The molecule has 0 unspecified atom stereocenters. The Balaban J connectivity index is 0.000000477. The van der Waals surface area contributed by atoms with E-state index in [2.05, 4.69) is 46.8 Å². The van der Waals surface area contributed by atoms with Crippen LogP contribution in [0.2, 0.25) is 0 Å². The SMILES string of the molecule is C/C=C/COCC/C=C\CC.CCOC1CCC(C(C)(C)CC)CC1. The largest absolute Gasteiger partial charge is 0.379 e. The van der Waals surface area contributed by atoms with E-state index < -0.39 is 0 Å². The van der Waals surface area contributed by atoms with E-state index in [9.17, 15) is 0 Å². The summed E-state index contributed by atoms with van der Waals surface area (Å²) in [6.45, 7) is 15.8. The predicted octanol–water partition coefficient (Wildman–Crippen LogP) is 6.95. The van der Waals surface area contributed by atoms with Crippen LogP contribution in [0, 0.1) is 11.3 Å². The van der Waals surface area contributed by atoms with Gasteiger partial charge in [0.2, 0.25) is 0 Å². The molecule has 0 aromatic heterocycles. The van der Waals surface area contributed by atoms with Crippen molar-refractivity contribution >= 4 is 0 Å². The number of hydrogen-bond donors (Lipinski definition) is 0. The molecule has 0 radical (unpaired) electrons. The topological polar surface area (TPSA) is 18.5 Å². The first-order chi connectivity index (χ1) is 12.0. The molecule has 0 aliphatic heterocycles. The van der Waals surface area contributed by atoms with Gasteiger partial charge in [0.15, 0.2) is 0 Å². The Morgan fingerprint density at radius 3 is 2.16 bits per heavy atom. The zero-order chi connectivity index (χ0) is 19.0. The smallest absolute Gasteiger partial charge is 0.0647 e. The van der Waals surface area contributed by atoms with Gasteiger partial charge in [0.05, 0.1) is 19.3 Å². The zero-order valence-electron chi connectivity index (χ0n) is 17.9. The summed E-state index contributed by atoms with van der Waals surface area (Å²) in [4.78, 5) is 0. The van der Waals surface area contributed by atoms with Gasteiger partial charge in [0.1, 0.15) is 0 Å². The third-order valence-electron chi connectivity index (χ3n) is 5.37. The van der Waals surface area contributed by atoms with Crippen LogP contribution < -0.4 is 0 Å². The third kappa shape index (κ3) is 12.4. The van der Waals surface area contributed by atoms with Gasteiger partial charge in [0.25, 0.3) is 0 Å². The van der Waals surface area contributed by atoms with Crippen molar-refractivity contribution in [2.45, 2.75) is 92.6 Å². The highest BCUT2D eigenvalue weighted by atomic mass is 16.5. The molecule has 0 bridgehead atoms. The fraction of sp³-hybridized carbons (Fsp3) is 0.826. The number of rotatable bonds is 10. The molecule has 0 amide bonds. The van der Waals surface area contributed by atoms with Crippen molar-refractivity contribution in [1.29, 1.82) is 0 Å². The summed E-state index contributed by atoms with van der Waals surface area (Å²) in [5.74, 6) is 0.921. The van der Waals surface area contributed by atoms with Gasteiger partial charge >= 0.3 is 0 Å². The lowest BCUT2D eigenvalue weighted by atomic mass is 9.69. The molecule has 1 rings (SSSR count). The molecule has 0 spiro atoms. The molecular weight excluding hydrogens is 308 g/mol. The molecule has 1 saturated carbocycles. The summed E-state index contributed by atoms with van der Waals surface area (Å²) < 4.78 is 11.0. The van der Waals surface area contributed by atoms with E-state index in [0.29, 0.717) is 11.5 Å². The molecule has 2 heteroatoms. The van der Waals surface area contributed by atoms with Crippen molar-refractivity contribution in [3.8, 4) is 0 Å². The normalized spacial score (nSPS) is 21.5. The zero-order valence-corrected chi connectivity index (χ0v) is 17.9. The molecule has 1 aliphatic carbocycles. The van der Waals surface area contributed by atoms with E-state index in [-0.39, 0.29) is 0 Å². The van der Waals surface area contributed by atoms with Crippen LogP contribution in [0.15, 0.2) is 24.3 Å². The summed E-state index contributed by atoms with van der Waals surface area (Å²) in [5.41, 5.74) is 0.539. The van der Waals surface area contributed by atoms with Gasteiger partial charge < -0.3 is 9.47 Å². The second-order valence-electron chi connectivity index (χ2n) is 7.58. The van der Waals surface area contributed by atoms with Crippen LogP contribution in [0.25, 0.3) is 0 Å². The maximum atomic E-state index is 5.68. The van der Waals surface area contributed by atoms with Gasteiger partial charge in [-0.2, -0.15) is 0 Å². The monoisotopic (exact) mass is 352 g/mol. The Kier molecular flexibility index (Phi) is 15.3. The van der Waals surface area contributed by atoms with Gasteiger partial charge in [0, 0.05) is 6.61 Å². The lowest BCUT2D eigenvalue weighted by Gasteiger charge is -2.38. The summed E-state index contributed by atoms with van der Waals surface area (Å²) in [6.07, 6.45) is 17.7. The van der Waals surface area contributed by atoms with Crippen LogP contribution in [0.1, 0.15) is 86.5 Å². The maximum Gasteiger partial charge on any atom is 0.0647 e. The molecule has 148 valence electrons. The van der Waals surface area contributed by atoms with E-state index in [1.165, 1.54) is 32.1 Å². The Hall–Kier alpha value is -0.600. The molecule has 25 heavy (non-hydrogen) atoms. The fourth-order valence-corrected chi connectivity index (χ4v) is 3.22. The van der Waals surface area contributed by atoms with E-state index in [1.807, 2.05) is 19.1 Å². The van der Waals surface area contributed by atoms with Crippen molar-refractivity contribution in [2.24, 2.45) is 11.3 Å². The van der Waals surface area contributed by atoms with Crippen molar-refractivity contribution < 1.29 is 9.47 Å². The summed E-state index contributed by atoms with van der Waals surface area (Å²) >= 11 is 0. The number of allylic oxidation sites excluding steroid dienone is 2. The maximum absolute atomic E-state index is 5.68. The third-order valence-corrected chi connectivity index (χ3v) is 5.37. The van der Waals surface area contributed by atoms with Crippen LogP contribution in [-0.4, -0.2) is 25.9 Å². The van der Waals surface area contributed by atoms with Crippen LogP contribution in [0.5, 0.6) is 0 Å². The van der Waals surface area contributed by atoms with Gasteiger partial charge in [-0.3, -0.25) is 0 Å². The molecular formula is C23H44O2. The van der Waals surface area contributed by atoms with Crippen molar-refractivity contribution in [1.82, 2.24) is 0 Å². The Bertz CT molecular complexity index is 336. The van der Waals surface area contributed by atoms with Gasteiger partial charge in [-0.25, -0.2) is 0 Å². The quantitative estimate of drug-likeness (QED) is 0.313. The van der Waals surface area contributed by atoms with Gasteiger partial charge in [-0.15, -0.1) is 0 Å². The van der Waals surface area contributed by atoms with E-state index in [4.69, 9.17) is 9.47 Å². The predicted molar refractivity (Wildman–Crippen MR) is 111 cm³/mol. The average molecular weight is 353 g/mol. The molecule has 0 atom stereocenters. The Morgan fingerprint density at radius 1 is 0.960 bits per heavy atom. The summed E-state index contributed by atoms with van der Waals surface area (Å²) in [6, 6.07) is 0. The minimum Gasteiger partial charge on any atom is -0.379 e. The molecule has 0 saturated heterocycles. The van der Waals surface area contributed by atoms with Crippen molar-refractivity contribution in [3.05, 3.63) is 24.3 Å². The van der Waals surface area contributed by atoms with Crippen molar-refractivity contribution in [3.63, 3.8) is 0 Å². The minimum absolute atomic E-state index is 0.539. The second-order valence-corrected chi connectivity index (χ2v) is 7.58. The number of hydrogen-bond acceptors (Lipinski definition) is 2. The molecule has 2 nitrogen and oxygen atoms in total. The lowest BCUT2D eigenvalue weighted by Crippen LogP contribution is -2.30. The Labute approximate surface area is 158 Å². The van der Waals surface area contributed by atoms with Crippen LogP contribution >= 0.6 is 0 Å². The van der Waals surface area contributed by atoms with Crippen molar-refractivity contribution in [2.75, 3.05) is 19.8 Å². The fourth-order valence-electron chi connectivity index (χ4n) is 3.22. The van der Waals surface area contributed by atoms with E-state index >= 15 is 0 Å². The van der Waals surface area contributed by atoms with Gasteiger partial charge in [-0.1, -0.05) is 58.4 Å². The highest BCUT2D eigenvalue weighted by Crippen LogP contribution is 2.40. The number of ether oxygens (including phenoxy) is 2. The molecule has 0 heterocycles. The first-order valence-electron chi connectivity index (χ1n) is 10.5. The molecule has 0 N–H and O–H groups in total. The lowest BCUT2D eigenvalue weighted by molar-refractivity contribution is 0.00667. The highest BCUT2D eigenvalue weighted by Gasteiger charge is 2.31. The standard InChI is InChI=1S/C13H26O.C10H18O/c1-5-13(3,4)11-7-9-12(10-8-11)14-6-2;1-3-5-7-8-10-11-9-6-4-2/h11-12H,5-10H2,1-4H3;4-7H,3,8-10H2,1-2H3/b;6-4+,7-5-.